The van der Waals surface area contributed by atoms with Crippen molar-refractivity contribution in [1.82, 2.24) is 9.97 Å². The number of nitrogens with one attached hydrogen (secondary N) is 1. The molecule has 4 heteroatoms. The van der Waals surface area contributed by atoms with E-state index in [-0.39, 0.29) is 0 Å². The zero-order chi connectivity index (χ0) is 12.3. The molecule has 0 radical (unpaired) electrons. The molecule has 3 nitrogen and oxygen atoms in total. The van der Waals surface area contributed by atoms with Gasteiger partial charge in [-0.15, -0.1) is 0 Å². The second-order valence-electron chi connectivity index (χ2n) is 3.97. The first-order valence-electron chi connectivity index (χ1n) is 5.42. The molecular weight excluding hydrogens is 278 g/mol. The van der Waals surface area contributed by atoms with E-state index in [1.54, 1.807) is 6.20 Å². The lowest BCUT2D eigenvalue weighted by molar-refractivity contribution is 1.05. The van der Waals surface area contributed by atoms with E-state index >= 15 is 0 Å². The molecule has 2 heterocycles. The minimum Gasteiger partial charge on any atom is -0.366 e. The number of halogens is 1. The summed E-state index contributed by atoms with van der Waals surface area (Å²) in [6, 6.07) is 4.06. The van der Waals surface area contributed by atoms with Gasteiger partial charge in [0, 0.05) is 29.6 Å². The number of nitrogens with zero attached hydrogens (tertiary/aromatic N) is 2. The van der Waals surface area contributed by atoms with Gasteiger partial charge >= 0.3 is 0 Å². The molecule has 0 saturated carbocycles. The second kappa shape index (κ2) is 5.27. The van der Waals surface area contributed by atoms with Crippen molar-refractivity contribution in [3.8, 4) is 0 Å². The number of rotatable bonds is 3. The van der Waals surface area contributed by atoms with Gasteiger partial charge in [0.2, 0.25) is 0 Å². The van der Waals surface area contributed by atoms with Gasteiger partial charge < -0.3 is 5.32 Å². The second-order valence-corrected chi connectivity index (χ2v) is 4.89. The Hall–Kier alpha value is -1.42. The van der Waals surface area contributed by atoms with Gasteiger partial charge in [-0.1, -0.05) is 0 Å². The quantitative estimate of drug-likeness (QED) is 0.941. The first-order valence-corrected chi connectivity index (χ1v) is 6.21. The molecule has 0 aromatic carbocycles. The van der Waals surface area contributed by atoms with E-state index in [0.717, 1.165) is 22.4 Å². The van der Waals surface area contributed by atoms with E-state index in [4.69, 9.17) is 0 Å². The Morgan fingerprint density at radius 1 is 1.24 bits per heavy atom. The van der Waals surface area contributed by atoms with Crippen LogP contribution in [0.15, 0.2) is 35.2 Å². The molecule has 0 aliphatic heterocycles. The maximum Gasteiger partial charge on any atom is 0.129 e. The molecule has 1 N–H and O–H groups in total. The van der Waals surface area contributed by atoms with Gasteiger partial charge in [-0.25, -0.2) is 4.98 Å². The van der Waals surface area contributed by atoms with Crippen LogP contribution in [0.5, 0.6) is 0 Å². The number of aromatic nitrogens is 2. The molecule has 2 aromatic rings. The van der Waals surface area contributed by atoms with Gasteiger partial charge in [-0.3, -0.25) is 4.98 Å². The molecule has 17 heavy (non-hydrogen) atoms. The molecule has 2 aromatic heterocycles. The predicted octanol–water partition coefficient (Wildman–Crippen LogP) is 3.47. The standard InChI is InChI=1S/C13H14BrN3/c1-9-3-4-15-6-11(9)7-16-13-10(2)5-12(14)8-17-13/h3-6,8H,7H2,1-2H3,(H,16,17). The van der Waals surface area contributed by atoms with Crippen LogP contribution in [-0.2, 0) is 6.54 Å². The number of hydrogen-bond acceptors (Lipinski definition) is 3. The Kier molecular flexibility index (Phi) is 3.74. The summed E-state index contributed by atoms with van der Waals surface area (Å²) in [5.41, 5.74) is 3.56. The third-order valence-electron chi connectivity index (χ3n) is 2.64. The van der Waals surface area contributed by atoms with Crippen molar-refractivity contribution in [3.63, 3.8) is 0 Å². The van der Waals surface area contributed by atoms with Gasteiger partial charge in [0.05, 0.1) is 0 Å². The number of hydrogen-bond donors (Lipinski definition) is 1. The van der Waals surface area contributed by atoms with E-state index < -0.39 is 0 Å². The number of aryl methyl sites for hydroxylation is 2. The van der Waals surface area contributed by atoms with Crippen LogP contribution >= 0.6 is 15.9 Å². The molecule has 0 atom stereocenters. The van der Waals surface area contributed by atoms with Crippen LogP contribution in [-0.4, -0.2) is 9.97 Å². The average Bonchev–Trinajstić information content (AvgIpc) is 2.30. The molecule has 0 fully saturated rings. The number of anilines is 1. The van der Waals surface area contributed by atoms with Crippen molar-refractivity contribution in [1.29, 1.82) is 0 Å². The highest BCUT2D eigenvalue weighted by atomic mass is 79.9. The van der Waals surface area contributed by atoms with Crippen molar-refractivity contribution in [2.24, 2.45) is 0 Å². The summed E-state index contributed by atoms with van der Waals surface area (Å²) in [6.07, 6.45) is 5.49. The molecule has 0 bridgehead atoms. The van der Waals surface area contributed by atoms with E-state index in [1.165, 1.54) is 11.1 Å². The minimum absolute atomic E-state index is 0.745. The third kappa shape index (κ3) is 3.03. The van der Waals surface area contributed by atoms with Crippen LogP contribution in [0.3, 0.4) is 0 Å². The zero-order valence-corrected chi connectivity index (χ0v) is 11.5. The predicted molar refractivity (Wildman–Crippen MR) is 73.0 cm³/mol. The largest absolute Gasteiger partial charge is 0.366 e. The Balaban J connectivity index is 2.10. The van der Waals surface area contributed by atoms with Gasteiger partial charge in [0.1, 0.15) is 5.82 Å². The fourth-order valence-corrected chi connectivity index (χ4v) is 2.03. The van der Waals surface area contributed by atoms with Gasteiger partial charge in [0.15, 0.2) is 0 Å². The lowest BCUT2D eigenvalue weighted by Crippen LogP contribution is -2.04. The SMILES string of the molecule is Cc1ccncc1CNc1ncc(Br)cc1C. The topological polar surface area (TPSA) is 37.8 Å². The van der Waals surface area contributed by atoms with E-state index in [9.17, 15) is 0 Å². The van der Waals surface area contributed by atoms with Gasteiger partial charge in [-0.05, 0) is 58.6 Å². The fraction of sp³-hybridized carbons (Fsp3) is 0.231. The molecule has 0 aliphatic carbocycles. The lowest BCUT2D eigenvalue weighted by Gasteiger charge is -2.10. The average molecular weight is 292 g/mol. The Morgan fingerprint density at radius 3 is 2.76 bits per heavy atom. The van der Waals surface area contributed by atoms with Crippen LogP contribution in [0.25, 0.3) is 0 Å². The highest BCUT2D eigenvalue weighted by molar-refractivity contribution is 9.10. The summed E-state index contributed by atoms with van der Waals surface area (Å²) in [7, 11) is 0. The van der Waals surface area contributed by atoms with Gasteiger partial charge in [-0.2, -0.15) is 0 Å². The first kappa shape index (κ1) is 12.0. The molecule has 88 valence electrons. The highest BCUT2D eigenvalue weighted by Crippen LogP contribution is 2.17. The summed E-state index contributed by atoms with van der Waals surface area (Å²) in [5, 5.41) is 3.33. The molecule has 0 saturated heterocycles. The maximum atomic E-state index is 4.34. The maximum absolute atomic E-state index is 4.34. The Morgan fingerprint density at radius 2 is 2.06 bits per heavy atom. The summed E-state index contributed by atoms with van der Waals surface area (Å²) >= 11 is 3.40. The van der Waals surface area contributed by atoms with Crippen molar-refractivity contribution < 1.29 is 0 Å². The van der Waals surface area contributed by atoms with Crippen LogP contribution in [0.4, 0.5) is 5.82 Å². The van der Waals surface area contributed by atoms with Crippen LogP contribution < -0.4 is 5.32 Å². The third-order valence-corrected chi connectivity index (χ3v) is 3.07. The van der Waals surface area contributed by atoms with Crippen molar-refractivity contribution in [3.05, 3.63) is 51.9 Å². The van der Waals surface area contributed by atoms with E-state index in [2.05, 4.69) is 38.1 Å². The van der Waals surface area contributed by atoms with Crippen LogP contribution in [0.1, 0.15) is 16.7 Å². The first-order chi connectivity index (χ1) is 8.16. The summed E-state index contributed by atoms with van der Waals surface area (Å²) in [4.78, 5) is 8.47. The van der Waals surface area contributed by atoms with Crippen molar-refractivity contribution in [2.45, 2.75) is 20.4 Å². The Labute approximate surface area is 109 Å². The fourth-order valence-electron chi connectivity index (χ4n) is 1.59. The van der Waals surface area contributed by atoms with Crippen LogP contribution in [0, 0.1) is 13.8 Å². The lowest BCUT2D eigenvalue weighted by atomic mass is 10.1. The number of pyridine rings is 2. The molecule has 0 spiro atoms. The zero-order valence-electron chi connectivity index (χ0n) is 9.87. The smallest absolute Gasteiger partial charge is 0.129 e. The van der Waals surface area contributed by atoms with Crippen molar-refractivity contribution in [2.75, 3.05) is 5.32 Å². The summed E-state index contributed by atoms with van der Waals surface area (Å²) in [5.74, 6) is 0.913. The summed E-state index contributed by atoms with van der Waals surface area (Å²) in [6.45, 7) is 4.87. The minimum atomic E-state index is 0.745. The normalized spacial score (nSPS) is 10.3. The van der Waals surface area contributed by atoms with Crippen LogP contribution in [0.2, 0.25) is 0 Å². The van der Waals surface area contributed by atoms with Gasteiger partial charge in [0.25, 0.3) is 0 Å². The molecule has 0 amide bonds. The highest BCUT2D eigenvalue weighted by Gasteiger charge is 2.02. The van der Waals surface area contributed by atoms with E-state index in [1.807, 2.05) is 31.5 Å². The Bertz CT molecular complexity index is 526. The molecule has 0 aliphatic rings. The molecular formula is C13H14BrN3. The summed E-state index contributed by atoms with van der Waals surface area (Å²) < 4.78 is 0.998. The monoisotopic (exact) mass is 291 g/mol. The van der Waals surface area contributed by atoms with Crippen molar-refractivity contribution >= 4 is 21.7 Å². The molecule has 2 rings (SSSR count). The molecule has 0 unspecified atom stereocenters. The van der Waals surface area contributed by atoms with E-state index in [0.29, 0.717) is 0 Å².